The molecule has 2 rings (SSSR count). The van der Waals surface area contributed by atoms with Gasteiger partial charge >= 0.3 is 0 Å². The number of hydrogen-bond donors (Lipinski definition) is 1. The van der Waals surface area contributed by atoms with Crippen LogP contribution in [0.3, 0.4) is 0 Å². The summed E-state index contributed by atoms with van der Waals surface area (Å²) < 4.78 is 0. The Labute approximate surface area is 314 Å². The number of anilines is 1. The lowest BCUT2D eigenvalue weighted by atomic mass is 10.0. The molecule has 0 aliphatic heterocycles. The van der Waals surface area contributed by atoms with Crippen LogP contribution in [-0.4, -0.2) is 27.2 Å². The third-order valence-electron chi connectivity index (χ3n) is 11.5. The van der Waals surface area contributed by atoms with E-state index < -0.39 is 0 Å². The number of rotatable bonds is 36. The topological polar surface area (TPSA) is 7.68 Å². The predicted octanol–water partition coefficient (Wildman–Crippen LogP) is 14.9. The second-order valence-corrected chi connectivity index (χ2v) is 16.2. The Hall–Kier alpha value is -1.54. The normalized spacial score (nSPS) is 12.2. The Balaban J connectivity index is 1.53. The minimum atomic E-state index is 1.16. The molecule has 0 aliphatic carbocycles. The molecule has 50 heavy (non-hydrogen) atoms. The molecule has 0 heterocycles. The van der Waals surface area contributed by atoms with Crippen LogP contribution in [0.5, 0.6) is 0 Å². The fourth-order valence-electron chi connectivity index (χ4n) is 8.09. The van der Waals surface area contributed by atoms with E-state index in [-0.39, 0.29) is 0 Å². The number of hydrogen-bond acceptors (Lipinski definition) is 1. The lowest BCUT2D eigenvalue weighted by Crippen LogP contribution is -3.03. The number of nitrogens with zero attached hydrogens (tertiary/aromatic N) is 1. The molecule has 288 valence electrons. The minimum Gasteiger partial charge on any atom is -0.374 e. The highest BCUT2D eigenvalue weighted by Crippen LogP contribution is 2.30. The van der Waals surface area contributed by atoms with Gasteiger partial charge in [0.25, 0.3) is 0 Å². The Morgan fingerprint density at radius 2 is 0.740 bits per heavy atom. The van der Waals surface area contributed by atoms with Gasteiger partial charge in [-0.1, -0.05) is 218 Å². The summed E-state index contributed by atoms with van der Waals surface area (Å²) >= 11 is 0. The number of fused-ring (bicyclic) bond motifs is 1. The molecule has 2 aromatic carbocycles. The molecule has 0 fully saturated rings. The Morgan fingerprint density at radius 3 is 1.16 bits per heavy atom. The summed E-state index contributed by atoms with van der Waals surface area (Å²) in [5.41, 5.74) is 2.88. The summed E-state index contributed by atoms with van der Waals surface area (Å²) in [4.78, 5) is 4.08. The molecule has 0 saturated carbocycles. The summed E-state index contributed by atoms with van der Waals surface area (Å²) in [6.07, 6.45) is 45.8. The smallest absolute Gasteiger partial charge is 0.138 e. The maximum atomic E-state index is 2.51. The lowest BCUT2D eigenvalue weighted by Gasteiger charge is -2.23. The zero-order valence-corrected chi connectivity index (χ0v) is 34.5. The van der Waals surface area contributed by atoms with Crippen molar-refractivity contribution in [3.05, 3.63) is 36.4 Å². The molecule has 0 radical (unpaired) electrons. The summed E-state index contributed by atoms with van der Waals surface area (Å²) in [5, 5.41) is 2.87. The molecule has 1 unspecified atom stereocenters. The van der Waals surface area contributed by atoms with E-state index in [0.29, 0.717) is 0 Å². The first-order valence-electron chi connectivity index (χ1n) is 22.7. The molecule has 1 atom stereocenters. The van der Waals surface area contributed by atoms with Crippen LogP contribution in [0.4, 0.5) is 11.4 Å². The van der Waals surface area contributed by atoms with Crippen LogP contribution in [0.1, 0.15) is 219 Å². The third-order valence-corrected chi connectivity index (χ3v) is 11.5. The first-order valence-corrected chi connectivity index (χ1v) is 22.7. The number of quaternary nitrogens is 1. The van der Waals surface area contributed by atoms with Gasteiger partial charge in [0.2, 0.25) is 0 Å². The van der Waals surface area contributed by atoms with Gasteiger partial charge in [-0.2, -0.15) is 0 Å². The molecule has 2 heteroatoms. The van der Waals surface area contributed by atoms with Crippen LogP contribution in [-0.2, 0) is 0 Å². The predicted molar refractivity (Wildman–Crippen MR) is 228 cm³/mol. The third kappa shape index (κ3) is 21.7. The largest absolute Gasteiger partial charge is 0.374 e. The van der Waals surface area contributed by atoms with E-state index in [1.807, 2.05) is 0 Å². The van der Waals surface area contributed by atoms with Gasteiger partial charge in [0.15, 0.2) is 0 Å². The first kappa shape index (κ1) is 44.6. The summed E-state index contributed by atoms with van der Waals surface area (Å²) in [5.74, 6) is 0. The number of unbranched alkanes of at least 4 members (excludes halogenated alkanes) is 30. The van der Waals surface area contributed by atoms with E-state index in [1.54, 1.807) is 4.90 Å². The molecular formula is C48H87N2+. The zero-order valence-electron chi connectivity index (χ0n) is 34.5. The standard InChI is InChI=1S/C48H86N2/c1-5-7-9-11-13-15-17-19-21-23-25-27-29-31-33-35-43-49(3)47-41-37-40-46-45(47)39-38-42-48(46)50(4)44-36-34-32-30-28-26-24-22-20-18-16-14-12-10-8-6-2/h37-42H,5-36,43-44H2,1-4H3/p+1. The molecule has 0 amide bonds. The van der Waals surface area contributed by atoms with Gasteiger partial charge in [0.1, 0.15) is 5.69 Å². The van der Waals surface area contributed by atoms with Gasteiger partial charge in [-0.05, 0) is 37.5 Å². The van der Waals surface area contributed by atoms with E-state index in [9.17, 15) is 0 Å². The fourth-order valence-corrected chi connectivity index (χ4v) is 8.09. The highest BCUT2D eigenvalue weighted by atomic mass is 15.1. The summed E-state index contributed by atoms with van der Waals surface area (Å²) in [7, 11) is 4.69. The SMILES string of the molecule is CCCCCCCCCCCCCCCCCCN(C)c1cccc2c([NH+](C)CCCCCCCCCCCCCCCCCC)cccc12. The molecule has 2 nitrogen and oxygen atoms in total. The van der Waals surface area contributed by atoms with Crippen molar-refractivity contribution in [3.63, 3.8) is 0 Å². The monoisotopic (exact) mass is 692 g/mol. The molecule has 0 aromatic heterocycles. The quantitative estimate of drug-likeness (QED) is 0.0699. The van der Waals surface area contributed by atoms with Crippen molar-refractivity contribution in [2.45, 2.75) is 219 Å². The van der Waals surface area contributed by atoms with Crippen LogP contribution in [0, 0.1) is 0 Å². The van der Waals surface area contributed by atoms with Crippen LogP contribution in [0.25, 0.3) is 10.8 Å². The summed E-state index contributed by atoms with van der Waals surface area (Å²) in [6.45, 7) is 7.00. The lowest BCUT2D eigenvalue weighted by molar-refractivity contribution is -0.809. The van der Waals surface area contributed by atoms with Gasteiger partial charge in [0, 0.05) is 30.1 Å². The highest BCUT2D eigenvalue weighted by molar-refractivity contribution is 5.99. The van der Waals surface area contributed by atoms with Crippen LogP contribution >= 0.6 is 0 Å². The number of benzene rings is 2. The average molecular weight is 692 g/mol. The molecule has 2 aromatic rings. The molecule has 0 saturated heterocycles. The zero-order chi connectivity index (χ0) is 35.7. The maximum Gasteiger partial charge on any atom is 0.138 e. The molecule has 0 spiro atoms. The molecule has 0 bridgehead atoms. The summed E-state index contributed by atoms with van der Waals surface area (Å²) in [6, 6.07) is 14.0. The second kappa shape index (κ2) is 32.1. The minimum absolute atomic E-state index is 1.16. The van der Waals surface area contributed by atoms with Crippen molar-refractivity contribution < 1.29 is 4.90 Å². The molecular weight excluding hydrogens is 605 g/mol. The van der Waals surface area contributed by atoms with E-state index in [1.165, 1.54) is 234 Å². The van der Waals surface area contributed by atoms with Crippen molar-refractivity contribution in [1.82, 2.24) is 0 Å². The first-order chi connectivity index (χ1) is 24.7. The highest BCUT2D eigenvalue weighted by Gasteiger charge is 2.14. The molecule has 0 aliphatic rings. The van der Waals surface area contributed by atoms with Crippen molar-refractivity contribution >= 4 is 22.1 Å². The van der Waals surface area contributed by atoms with E-state index >= 15 is 0 Å². The van der Waals surface area contributed by atoms with E-state index in [4.69, 9.17) is 0 Å². The van der Waals surface area contributed by atoms with E-state index in [2.05, 4.69) is 69.2 Å². The second-order valence-electron chi connectivity index (χ2n) is 16.2. The maximum absolute atomic E-state index is 2.51. The van der Waals surface area contributed by atoms with Gasteiger partial charge in [-0.3, -0.25) is 0 Å². The van der Waals surface area contributed by atoms with Crippen molar-refractivity contribution in [3.8, 4) is 0 Å². The van der Waals surface area contributed by atoms with E-state index in [0.717, 1.165) is 6.54 Å². The Bertz CT molecular complexity index is 933. The number of nitrogens with one attached hydrogen (secondary N) is 1. The molecule has 1 N–H and O–H groups in total. The van der Waals surface area contributed by atoms with Gasteiger partial charge < -0.3 is 9.80 Å². The van der Waals surface area contributed by atoms with Gasteiger partial charge in [-0.25, -0.2) is 0 Å². The van der Waals surface area contributed by atoms with Gasteiger partial charge in [-0.15, -0.1) is 0 Å². The van der Waals surface area contributed by atoms with Crippen LogP contribution in [0.2, 0.25) is 0 Å². The van der Waals surface area contributed by atoms with Gasteiger partial charge in [0.05, 0.1) is 13.6 Å². The van der Waals surface area contributed by atoms with Crippen molar-refractivity contribution in [2.24, 2.45) is 0 Å². The Kier molecular flexibility index (Phi) is 28.7. The van der Waals surface area contributed by atoms with Crippen LogP contribution in [0.15, 0.2) is 36.4 Å². The van der Waals surface area contributed by atoms with Crippen LogP contribution < -0.4 is 9.80 Å². The fraction of sp³-hybridized carbons (Fsp3) is 0.792. The average Bonchev–Trinajstić information content (AvgIpc) is 3.13. The van der Waals surface area contributed by atoms with Crippen molar-refractivity contribution in [2.75, 3.05) is 32.1 Å². The van der Waals surface area contributed by atoms with Crippen molar-refractivity contribution in [1.29, 1.82) is 0 Å². The Morgan fingerprint density at radius 1 is 0.400 bits per heavy atom.